The van der Waals surface area contributed by atoms with E-state index < -0.39 is 0 Å². The van der Waals surface area contributed by atoms with E-state index in [1.54, 1.807) is 0 Å². The molecule has 0 aromatic heterocycles. The van der Waals surface area contributed by atoms with Gasteiger partial charge in [-0.3, -0.25) is 10.1 Å². The zero-order valence-electron chi connectivity index (χ0n) is 14.3. The van der Waals surface area contributed by atoms with Crippen molar-refractivity contribution in [1.82, 2.24) is 10.2 Å². The van der Waals surface area contributed by atoms with Crippen LogP contribution in [0.3, 0.4) is 0 Å². The molecule has 25 heavy (non-hydrogen) atoms. The fraction of sp³-hybridized carbons (Fsp3) is 0.350. The van der Waals surface area contributed by atoms with Crippen molar-refractivity contribution in [2.45, 2.75) is 19.0 Å². The first-order valence-corrected chi connectivity index (χ1v) is 8.96. The van der Waals surface area contributed by atoms with Crippen molar-refractivity contribution in [2.24, 2.45) is 0 Å². The van der Waals surface area contributed by atoms with Gasteiger partial charge in [-0.15, -0.1) is 0 Å². The van der Waals surface area contributed by atoms with E-state index in [0.717, 1.165) is 11.1 Å². The Balaban J connectivity index is 1.80. The molecule has 1 aliphatic rings. The second-order valence-corrected chi connectivity index (χ2v) is 6.66. The maximum Gasteiger partial charge on any atom is 0.244 e. The number of carbonyl (C=O) groups is 1. The second kappa shape index (κ2) is 8.48. The highest BCUT2D eigenvalue weighted by atomic mass is 35.5. The fourth-order valence-electron chi connectivity index (χ4n) is 3.02. The standard InChI is InChI=1S/C20H23ClN2O2/c1-15(16-7-9-18(21)10-8-16)22-19(17-5-3-2-4-6-17)20(24)23-11-13-25-14-12-23/h2-10,15,19,22H,11-14H2,1H3/t15-,19-/m0/s1. The molecule has 2 atom stereocenters. The molecule has 1 amide bonds. The molecular formula is C20H23ClN2O2. The fourth-order valence-corrected chi connectivity index (χ4v) is 3.15. The third-order valence-electron chi connectivity index (χ3n) is 4.49. The van der Waals surface area contributed by atoms with Gasteiger partial charge in [-0.1, -0.05) is 54.1 Å². The van der Waals surface area contributed by atoms with E-state index in [4.69, 9.17) is 16.3 Å². The number of nitrogens with zero attached hydrogens (tertiary/aromatic N) is 1. The highest BCUT2D eigenvalue weighted by Gasteiger charge is 2.28. The van der Waals surface area contributed by atoms with Crippen molar-refractivity contribution in [3.8, 4) is 0 Å². The summed E-state index contributed by atoms with van der Waals surface area (Å²) in [7, 11) is 0. The number of hydrogen-bond acceptors (Lipinski definition) is 3. The summed E-state index contributed by atoms with van der Waals surface area (Å²) in [5.41, 5.74) is 2.07. The average Bonchev–Trinajstić information content (AvgIpc) is 2.67. The molecule has 1 heterocycles. The summed E-state index contributed by atoms with van der Waals surface area (Å²) < 4.78 is 5.37. The maximum absolute atomic E-state index is 13.1. The van der Waals surface area contributed by atoms with Crippen LogP contribution in [0, 0.1) is 0 Å². The van der Waals surface area contributed by atoms with Crippen LogP contribution in [0.5, 0.6) is 0 Å². The molecule has 5 heteroatoms. The molecule has 1 fully saturated rings. The zero-order chi connectivity index (χ0) is 17.6. The molecule has 1 saturated heterocycles. The van der Waals surface area contributed by atoms with Gasteiger partial charge >= 0.3 is 0 Å². The minimum absolute atomic E-state index is 0.0208. The van der Waals surface area contributed by atoms with Gasteiger partial charge in [0, 0.05) is 24.2 Å². The molecule has 2 aromatic rings. The zero-order valence-corrected chi connectivity index (χ0v) is 15.1. The van der Waals surface area contributed by atoms with Crippen LogP contribution in [0.4, 0.5) is 0 Å². The summed E-state index contributed by atoms with van der Waals surface area (Å²) in [6.45, 7) is 4.53. The van der Waals surface area contributed by atoms with Crippen LogP contribution < -0.4 is 5.32 Å². The first kappa shape index (κ1) is 17.9. The number of carbonyl (C=O) groups excluding carboxylic acids is 1. The summed E-state index contributed by atoms with van der Waals surface area (Å²) >= 11 is 5.98. The summed E-state index contributed by atoms with van der Waals surface area (Å²) in [6, 6.07) is 17.2. The van der Waals surface area contributed by atoms with Crippen molar-refractivity contribution >= 4 is 17.5 Å². The molecule has 3 rings (SSSR count). The Morgan fingerprint density at radius 1 is 1.04 bits per heavy atom. The van der Waals surface area contributed by atoms with Crippen molar-refractivity contribution in [1.29, 1.82) is 0 Å². The third-order valence-corrected chi connectivity index (χ3v) is 4.74. The lowest BCUT2D eigenvalue weighted by Crippen LogP contribution is -2.46. The van der Waals surface area contributed by atoms with Crippen molar-refractivity contribution in [2.75, 3.05) is 26.3 Å². The number of benzene rings is 2. The van der Waals surface area contributed by atoms with Crippen molar-refractivity contribution < 1.29 is 9.53 Å². The predicted molar refractivity (Wildman–Crippen MR) is 99.6 cm³/mol. The lowest BCUT2D eigenvalue weighted by Gasteiger charge is -2.32. The van der Waals surface area contributed by atoms with E-state index in [1.807, 2.05) is 59.5 Å². The predicted octanol–water partition coefficient (Wildman–Crippen LogP) is 3.59. The smallest absolute Gasteiger partial charge is 0.244 e. The van der Waals surface area contributed by atoms with Gasteiger partial charge < -0.3 is 9.64 Å². The molecule has 0 spiro atoms. The molecule has 1 aliphatic heterocycles. The molecule has 0 saturated carbocycles. The van der Waals surface area contributed by atoms with Gasteiger partial charge in [0.2, 0.25) is 5.91 Å². The van der Waals surface area contributed by atoms with Gasteiger partial charge in [-0.05, 0) is 30.2 Å². The molecule has 0 unspecified atom stereocenters. The quantitative estimate of drug-likeness (QED) is 0.888. The molecule has 2 aromatic carbocycles. The molecule has 132 valence electrons. The molecule has 0 radical (unpaired) electrons. The summed E-state index contributed by atoms with van der Waals surface area (Å²) in [4.78, 5) is 15.0. The third kappa shape index (κ3) is 4.60. The number of hydrogen-bond donors (Lipinski definition) is 1. The van der Waals surface area contributed by atoms with Crippen LogP contribution in [0.15, 0.2) is 54.6 Å². The van der Waals surface area contributed by atoms with Crippen molar-refractivity contribution in [3.05, 3.63) is 70.7 Å². The van der Waals surface area contributed by atoms with Gasteiger partial charge in [-0.2, -0.15) is 0 Å². The Kier molecular flexibility index (Phi) is 6.08. The number of nitrogens with one attached hydrogen (secondary N) is 1. The van der Waals surface area contributed by atoms with E-state index in [-0.39, 0.29) is 18.0 Å². The van der Waals surface area contributed by atoms with Crippen LogP contribution in [0.2, 0.25) is 5.02 Å². The van der Waals surface area contributed by atoms with Crippen LogP contribution in [0.1, 0.15) is 30.1 Å². The summed E-state index contributed by atoms with van der Waals surface area (Å²) in [5, 5.41) is 4.20. The first-order chi connectivity index (χ1) is 12.1. The summed E-state index contributed by atoms with van der Waals surface area (Å²) in [5.74, 6) is 0.0929. The Morgan fingerprint density at radius 2 is 1.68 bits per heavy atom. The highest BCUT2D eigenvalue weighted by molar-refractivity contribution is 6.30. The van der Waals surface area contributed by atoms with Crippen LogP contribution in [0.25, 0.3) is 0 Å². The number of ether oxygens (including phenoxy) is 1. The number of amides is 1. The molecule has 1 N–H and O–H groups in total. The van der Waals surface area contributed by atoms with Gasteiger partial charge in [-0.25, -0.2) is 0 Å². The second-order valence-electron chi connectivity index (χ2n) is 6.22. The Morgan fingerprint density at radius 3 is 2.32 bits per heavy atom. The van der Waals surface area contributed by atoms with Crippen LogP contribution in [-0.4, -0.2) is 37.1 Å². The average molecular weight is 359 g/mol. The SMILES string of the molecule is C[C@H](N[C@H](C(=O)N1CCOCC1)c1ccccc1)c1ccc(Cl)cc1. The summed E-state index contributed by atoms with van der Waals surface area (Å²) in [6.07, 6.45) is 0. The van der Waals surface area contributed by atoms with E-state index in [0.29, 0.717) is 31.3 Å². The molecule has 4 nitrogen and oxygen atoms in total. The van der Waals surface area contributed by atoms with E-state index in [1.165, 1.54) is 0 Å². The minimum Gasteiger partial charge on any atom is -0.378 e. The van der Waals surface area contributed by atoms with E-state index in [2.05, 4.69) is 12.2 Å². The Hall–Kier alpha value is -1.88. The number of morpholine rings is 1. The first-order valence-electron chi connectivity index (χ1n) is 8.58. The molecule has 0 bridgehead atoms. The van der Waals surface area contributed by atoms with E-state index in [9.17, 15) is 4.79 Å². The largest absolute Gasteiger partial charge is 0.378 e. The molecule has 0 aliphatic carbocycles. The normalized spacial score (nSPS) is 17.1. The lowest BCUT2D eigenvalue weighted by molar-refractivity contribution is -0.138. The monoisotopic (exact) mass is 358 g/mol. The Bertz CT molecular complexity index is 685. The minimum atomic E-state index is -0.384. The number of rotatable bonds is 5. The number of halogens is 1. The molecular weight excluding hydrogens is 336 g/mol. The van der Waals surface area contributed by atoms with Gasteiger partial charge in [0.25, 0.3) is 0 Å². The van der Waals surface area contributed by atoms with E-state index >= 15 is 0 Å². The highest BCUT2D eigenvalue weighted by Crippen LogP contribution is 2.23. The van der Waals surface area contributed by atoms with Crippen LogP contribution >= 0.6 is 11.6 Å². The van der Waals surface area contributed by atoms with Crippen molar-refractivity contribution in [3.63, 3.8) is 0 Å². The van der Waals surface area contributed by atoms with Gasteiger partial charge in [0.05, 0.1) is 13.2 Å². The maximum atomic E-state index is 13.1. The Labute approximate surface area is 153 Å². The topological polar surface area (TPSA) is 41.6 Å². The van der Waals surface area contributed by atoms with Gasteiger partial charge in [0.1, 0.15) is 6.04 Å². The van der Waals surface area contributed by atoms with Crippen LogP contribution in [-0.2, 0) is 9.53 Å². The van der Waals surface area contributed by atoms with Gasteiger partial charge in [0.15, 0.2) is 0 Å². The lowest BCUT2D eigenvalue weighted by atomic mass is 10.0.